The summed E-state index contributed by atoms with van der Waals surface area (Å²) in [7, 11) is 0. The molecule has 244 valence electrons. The summed E-state index contributed by atoms with van der Waals surface area (Å²) in [5.41, 5.74) is 5.28. The molecule has 2 aliphatic heterocycles. The normalized spacial score (nSPS) is 17.6. The summed E-state index contributed by atoms with van der Waals surface area (Å²) < 4.78 is 88.7. The van der Waals surface area contributed by atoms with Gasteiger partial charge in [0.2, 0.25) is 0 Å². The largest absolute Gasteiger partial charge is 0.499 e. The molecule has 2 atom stereocenters. The average molecular weight is 674 g/mol. The number of anilines is 1. The Morgan fingerprint density at radius 3 is 2.49 bits per heavy atom. The number of halogens is 6. The fourth-order valence-electron chi connectivity index (χ4n) is 5.05. The molecule has 1 aromatic heterocycles. The van der Waals surface area contributed by atoms with Crippen LogP contribution in [0, 0.1) is 6.92 Å². The maximum Gasteiger partial charge on any atom is 0.499 e. The highest BCUT2D eigenvalue weighted by atomic mass is 32.2. The van der Waals surface area contributed by atoms with Gasteiger partial charge in [-0.1, -0.05) is 61.2 Å². The van der Waals surface area contributed by atoms with Crippen LogP contribution in [0.3, 0.4) is 0 Å². The lowest BCUT2D eigenvalue weighted by Crippen LogP contribution is -2.41. The van der Waals surface area contributed by atoms with Gasteiger partial charge in [-0.25, -0.2) is 18.9 Å². The standard InChI is InChI=1S/C32H25F6N5O3S/c1-18-3-12-25-19(2)14-23-16-47-29(43(23)27(25)13-18)40-30(44)45-15-26(33)20-4-6-21(7-5-20)28-39-17-42(41-28)22-8-10-24(11-9-22)46-32(37,38)31(34,35)36/h3-14,17,19,26H,15-16H2,1-2H3/b40-29-. The van der Waals surface area contributed by atoms with Gasteiger partial charge in [-0.15, -0.1) is 5.10 Å². The van der Waals surface area contributed by atoms with Crippen LogP contribution in [0.2, 0.25) is 0 Å². The lowest BCUT2D eigenvalue weighted by molar-refractivity contribution is -0.360. The molecule has 0 bridgehead atoms. The number of ether oxygens (including phenoxy) is 2. The maximum atomic E-state index is 15.0. The van der Waals surface area contributed by atoms with Crippen molar-refractivity contribution in [3.05, 3.63) is 102 Å². The van der Waals surface area contributed by atoms with Gasteiger partial charge in [0.25, 0.3) is 0 Å². The van der Waals surface area contributed by atoms with E-state index in [2.05, 4.69) is 44.9 Å². The van der Waals surface area contributed by atoms with Crippen LogP contribution in [-0.2, 0) is 4.74 Å². The van der Waals surface area contributed by atoms with Crippen LogP contribution < -0.4 is 9.64 Å². The van der Waals surface area contributed by atoms with Crippen molar-refractivity contribution in [2.45, 2.75) is 38.2 Å². The highest BCUT2D eigenvalue weighted by Crippen LogP contribution is 2.43. The zero-order valence-electron chi connectivity index (χ0n) is 24.7. The van der Waals surface area contributed by atoms with E-state index in [1.54, 1.807) is 12.1 Å². The van der Waals surface area contributed by atoms with Crippen molar-refractivity contribution in [3.8, 4) is 22.8 Å². The molecule has 4 aromatic rings. The molecule has 2 unspecified atom stereocenters. The van der Waals surface area contributed by atoms with Crippen LogP contribution in [0.15, 0.2) is 89.8 Å². The number of amidine groups is 1. The molecule has 0 N–H and O–H groups in total. The first-order valence-electron chi connectivity index (χ1n) is 14.2. The second-order valence-corrected chi connectivity index (χ2v) is 11.8. The Morgan fingerprint density at radius 1 is 1.06 bits per heavy atom. The molecule has 3 heterocycles. The number of alkyl halides is 6. The second kappa shape index (κ2) is 12.4. The Bertz CT molecular complexity index is 1860. The van der Waals surface area contributed by atoms with Gasteiger partial charge in [0.1, 0.15) is 18.7 Å². The molecule has 6 rings (SSSR count). The van der Waals surface area contributed by atoms with Gasteiger partial charge in [0, 0.05) is 22.9 Å². The van der Waals surface area contributed by atoms with E-state index in [1.165, 1.54) is 47.0 Å². The van der Waals surface area contributed by atoms with Crippen LogP contribution in [0.4, 0.5) is 36.8 Å². The van der Waals surface area contributed by atoms with E-state index < -0.39 is 36.9 Å². The van der Waals surface area contributed by atoms with E-state index in [0.29, 0.717) is 22.2 Å². The van der Waals surface area contributed by atoms with E-state index in [4.69, 9.17) is 4.74 Å². The summed E-state index contributed by atoms with van der Waals surface area (Å²) in [5, 5.41) is 4.75. The quantitative estimate of drug-likeness (QED) is 0.182. The minimum Gasteiger partial charge on any atom is -0.444 e. The predicted octanol–water partition coefficient (Wildman–Crippen LogP) is 8.53. The van der Waals surface area contributed by atoms with Crippen LogP contribution in [0.5, 0.6) is 5.75 Å². The van der Waals surface area contributed by atoms with Crippen LogP contribution in [0.25, 0.3) is 17.1 Å². The first-order chi connectivity index (χ1) is 22.3. The summed E-state index contributed by atoms with van der Waals surface area (Å²) in [5.74, 6) is 0.435. The van der Waals surface area contributed by atoms with E-state index in [0.717, 1.165) is 34.6 Å². The lowest BCUT2D eigenvalue weighted by Gasteiger charge is -2.30. The highest BCUT2D eigenvalue weighted by molar-refractivity contribution is 8.14. The summed E-state index contributed by atoms with van der Waals surface area (Å²) in [6.07, 6.45) is -10.3. The van der Waals surface area contributed by atoms with Gasteiger partial charge in [-0.05, 0) is 53.9 Å². The van der Waals surface area contributed by atoms with Crippen molar-refractivity contribution >= 4 is 28.7 Å². The summed E-state index contributed by atoms with van der Waals surface area (Å²) in [6, 6.07) is 16.6. The zero-order chi connectivity index (χ0) is 33.5. The monoisotopic (exact) mass is 673 g/mol. The molecule has 0 saturated carbocycles. The third-order valence-electron chi connectivity index (χ3n) is 7.43. The number of fused-ring (bicyclic) bond motifs is 3. The molecule has 1 saturated heterocycles. The van der Waals surface area contributed by atoms with Gasteiger partial charge < -0.3 is 9.47 Å². The van der Waals surface area contributed by atoms with Crippen LogP contribution >= 0.6 is 11.8 Å². The Morgan fingerprint density at radius 2 is 1.79 bits per heavy atom. The first kappa shape index (κ1) is 32.2. The van der Waals surface area contributed by atoms with Gasteiger partial charge in [-0.3, -0.25) is 4.90 Å². The molecule has 1 fully saturated rings. The first-order valence-corrected chi connectivity index (χ1v) is 15.2. The summed E-state index contributed by atoms with van der Waals surface area (Å²) >= 11 is 1.41. The number of hydrogen-bond donors (Lipinski definition) is 0. The van der Waals surface area contributed by atoms with E-state index in [-0.39, 0.29) is 17.3 Å². The number of allylic oxidation sites excluding steroid dienone is 1. The zero-order valence-corrected chi connectivity index (χ0v) is 25.5. The SMILES string of the molecule is Cc1ccc2c(c1)N1C(=CC2C)CS/C1=N\C(=O)OCC(F)c1ccc(-c2ncn(-c3ccc(OC(F)(F)C(F)(F)F)cc3)n2)cc1. The number of nitrogens with zero attached hydrogens (tertiary/aromatic N) is 5. The van der Waals surface area contributed by atoms with Gasteiger partial charge in [-0.2, -0.15) is 26.9 Å². The molecule has 47 heavy (non-hydrogen) atoms. The van der Waals surface area contributed by atoms with Crippen molar-refractivity contribution in [2.75, 3.05) is 17.3 Å². The fourth-order valence-corrected chi connectivity index (χ4v) is 6.03. The second-order valence-electron chi connectivity index (χ2n) is 10.8. The number of aromatic nitrogens is 3. The number of carbonyl (C=O) groups excluding carboxylic acids is 1. The molecule has 15 heteroatoms. The van der Waals surface area contributed by atoms with Crippen LogP contribution in [0.1, 0.15) is 35.7 Å². The fraction of sp³-hybridized carbons (Fsp3) is 0.250. The number of carbonyl (C=O) groups is 1. The Labute approximate surface area is 268 Å². The molecule has 0 spiro atoms. The number of rotatable bonds is 7. The third kappa shape index (κ3) is 6.70. The molecular weight excluding hydrogens is 648 g/mol. The van der Waals surface area contributed by atoms with E-state index >= 15 is 4.39 Å². The number of aliphatic imine (C=N–C) groups is 1. The minimum atomic E-state index is -5.86. The van der Waals surface area contributed by atoms with Gasteiger partial charge >= 0.3 is 18.4 Å². The highest BCUT2D eigenvalue weighted by Gasteiger charge is 2.61. The van der Waals surface area contributed by atoms with Crippen molar-refractivity contribution in [1.82, 2.24) is 14.8 Å². The molecule has 0 aliphatic carbocycles. The summed E-state index contributed by atoms with van der Waals surface area (Å²) in [6.45, 7) is 3.57. The molecule has 1 amide bonds. The Balaban J connectivity index is 1.06. The van der Waals surface area contributed by atoms with Crippen molar-refractivity contribution < 1.29 is 40.6 Å². The molecule has 2 aliphatic rings. The third-order valence-corrected chi connectivity index (χ3v) is 8.40. The van der Waals surface area contributed by atoms with Crippen molar-refractivity contribution in [2.24, 2.45) is 4.99 Å². The van der Waals surface area contributed by atoms with E-state index in [1.807, 2.05) is 17.9 Å². The molecule has 3 aromatic carbocycles. The van der Waals surface area contributed by atoms with E-state index in [9.17, 15) is 26.7 Å². The maximum absolute atomic E-state index is 15.0. The smallest absolute Gasteiger partial charge is 0.444 e. The number of hydrogen-bond acceptors (Lipinski definition) is 6. The average Bonchev–Trinajstić information content (AvgIpc) is 3.67. The Hall–Kier alpha value is -4.79. The van der Waals surface area contributed by atoms with Gasteiger partial charge in [0.05, 0.1) is 11.4 Å². The topological polar surface area (TPSA) is 81.8 Å². The summed E-state index contributed by atoms with van der Waals surface area (Å²) in [4.78, 5) is 22.8. The van der Waals surface area contributed by atoms with Crippen molar-refractivity contribution in [3.63, 3.8) is 0 Å². The number of thioether (sulfide) groups is 1. The van der Waals surface area contributed by atoms with Gasteiger partial charge in [0.15, 0.2) is 17.2 Å². The Kier molecular flexibility index (Phi) is 8.51. The van der Waals surface area contributed by atoms with Crippen molar-refractivity contribution in [1.29, 1.82) is 0 Å². The number of aryl methyl sites for hydroxylation is 1. The number of benzene rings is 3. The number of amides is 1. The lowest BCUT2D eigenvalue weighted by atomic mass is 9.93. The molecule has 8 nitrogen and oxygen atoms in total. The molecular formula is C32H25F6N5O3S. The molecule has 0 radical (unpaired) electrons. The van der Waals surface area contributed by atoms with Crippen LogP contribution in [-0.4, -0.2) is 50.7 Å². The predicted molar refractivity (Wildman–Crippen MR) is 164 cm³/mol. The minimum absolute atomic E-state index is 0.226.